The molecule has 0 radical (unpaired) electrons. The van der Waals surface area contributed by atoms with Gasteiger partial charge in [-0.2, -0.15) is 0 Å². The molecule has 1 saturated heterocycles. The lowest BCUT2D eigenvalue weighted by Gasteiger charge is -2.21. The topological polar surface area (TPSA) is 99.1 Å². The first-order chi connectivity index (χ1) is 14.0. The monoisotopic (exact) mass is 398 g/mol. The summed E-state index contributed by atoms with van der Waals surface area (Å²) in [6.07, 6.45) is -4.03. The second kappa shape index (κ2) is 9.65. The van der Waals surface area contributed by atoms with Gasteiger partial charge in [0, 0.05) is 25.7 Å². The molecule has 29 heavy (non-hydrogen) atoms. The van der Waals surface area contributed by atoms with E-state index >= 15 is 0 Å². The van der Waals surface area contributed by atoms with Crippen molar-refractivity contribution in [2.45, 2.75) is 37.4 Å². The number of carbonyl (C=O) groups excluding carboxylic acids is 2. The number of benzene rings is 2. The molecule has 2 aromatic rings. The Kier molecular flexibility index (Phi) is 6.98. The van der Waals surface area contributed by atoms with Crippen LogP contribution in [0.15, 0.2) is 60.7 Å². The number of aliphatic hydroxyl groups excluding tert-OH is 2. The molecule has 1 aliphatic heterocycles. The van der Waals surface area contributed by atoms with Crippen molar-refractivity contribution in [1.82, 2.24) is 10.2 Å². The summed E-state index contributed by atoms with van der Waals surface area (Å²) in [7, 11) is 1.69. The summed E-state index contributed by atoms with van der Waals surface area (Å²) < 4.78 is 5.68. The number of aliphatic hydroxyl groups is 2. The molecule has 7 heteroatoms. The minimum atomic E-state index is -1.19. The quantitative estimate of drug-likeness (QED) is 0.645. The standard InChI is InChI=1S/C22H26N2O5/c1-24(14-15-8-4-2-5-9-15)19(25)12-17-20(26)21(27)18(29-17)13-23-22(28)16-10-6-3-7-11-16/h2-11,17-18,20-21,26-27H,12-14H2,1H3,(H,23,28)/t17-,18+,20-,21+/m0/s1. The number of ether oxygens (including phenoxy) is 1. The summed E-state index contributed by atoms with van der Waals surface area (Å²) in [5, 5.41) is 23.2. The van der Waals surface area contributed by atoms with Crippen LogP contribution >= 0.6 is 0 Å². The van der Waals surface area contributed by atoms with Gasteiger partial charge in [0.15, 0.2) is 0 Å². The van der Waals surface area contributed by atoms with Gasteiger partial charge in [0.1, 0.15) is 18.3 Å². The largest absolute Gasteiger partial charge is 0.388 e. The molecule has 2 aromatic carbocycles. The van der Waals surface area contributed by atoms with Crippen LogP contribution in [0, 0.1) is 0 Å². The zero-order chi connectivity index (χ0) is 20.8. The van der Waals surface area contributed by atoms with Gasteiger partial charge in [-0.15, -0.1) is 0 Å². The highest BCUT2D eigenvalue weighted by atomic mass is 16.5. The Morgan fingerprint density at radius 3 is 2.21 bits per heavy atom. The maximum absolute atomic E-state index is 12.5. The van der Waals surface area contributed by atoms with Gasteiger partial charge in [0.25, 0.3) is 5.91 Å². The van der Waals surface area contributed by atoms with Crippen LogP contribution in [-0.2, 0) is 16.1 Å². The van der Waals surface area contributed by atoms with E-state index in [1.807, 2.05) is 36.4 Å². The molecule has 0 saturated carbocycles. The average Bonchev–Trinajstić information content (AvgIpc) is 3.01. The Morgan fingerprint density at radius 1 is 0.966 bits per heavy atom. The number of hydrogen-bond acceptors (Lipinski definition) is 5. The molecule has 0 aromatic heterocycles. The third kappa shape index (κ3) is 5.41. The van der Waals surface area contributed by atoms with Crippen molar-refractivity contribution >= 4 is 11.8 Å². The van der Waals surface area contributed by atoms with Crippen LogP contribution in [0.5, 0.6) is 0 Å². The van der Waals surface area contributed by atoms with E-state index in [4.69, 9.17) is 4.74 Å². The minimum Gasteiger partial charge on any atom is -0.388 e. The zero-order valence-corrected chi connectivity index (χ0v) is 16.3. The molecule has 4 atom stereocenters. The first-order valence-electron chi connectivity index (χ1n) is 9.58. The number of rotatable bonds is 7. The number of amides is 2. The van der Waals surface area contributed by atoms with Crippen LogP contribution in [0.2, 0.25) is 0 Å². The normalized spacial score (nSPS) is 23.6. The number of nitrogens with one attached hydrogen (secondary N) is 1. The van der Waals surface area contributed by atoms with Gasteiger partial charge in [-0.3, -0.25) is 9.59 Å². The Labute approximate surface area is 169 Å². The van der Waals surface area contributed by atoms with Crippen molar-refractivity contribution in [1.29, 1.82) is 0 Å². The highest BCUT2D eigenvalue weighted by Crippen LogP contribution is 2.24. The van der Waals surface area contributed by atoms with Crippen LogP contribution in [0.3, 0.4) is 0 Å². The van der Waals surface area contributed by atoms with Gasteiger partial charge < -0.3 is 25.2 Å². The predicted molar refractivity (Wildman–Crippen MR) is 107 cm³/mol. The van der Waals surface area contributed by atoms with E-state index in [0.717, 1.165) is 5.56 Å². The molecule has 0 aliphatic carbocycles. The molecule has 3 rings (SSSR count). The van der Waals surface area contributed by atoms with E-state index in [1.165, 1.54) is 0 Å². The molecular weight excluding hydrogens is 372 g/mol. The van der Waals surface area contributed by atoms with Crippen LogP contribution < -0.4 is 5.32 Å². The summed E-state index contributed by atoms with van der Waals surface area (Å²) in [5.41, 5.74) is 1.49. The average molecular weight is 398 g/mol. The second-order valence-electron chi connectivity index (χ2n) is 7.21. The highest BCUT2D eigenvalue weighted by Gasteiger charge is 2.43. The summed E-state index contributed by atoms with van der Waals surface area (Å²) in [6.45, 7) is 0.484. The van der Waals surface area contributed by atoms with Crippen LogP contribution in [-0.4, -0.2) is 64.9 Å². The summed E-state index contributed by atoms with van der Waals surface area (Å²) in [4.78, 5) is 26.2. The Bertz CT molecular complexity index is 814. The fourth-order valence-electron chi connectivity index (χ4n) is 3.32. The van der Waals surface area contributed by atoms with Crippen molar-refractivity contribution in [2.24, 2.45) is 0 Å². The third-order valence-electron chi connectivity index (χ3n) is 5.03. The molecule has 0 spiro atoms. The van der Waals surface area contributed by atoms with Gasteiger partial charge >= 0.3 is 0 Å². The number of nitrogens with zero attached hydrogens (tertiary/aromatic N) is 1. The fourth-order valence-corrected chi connectivity index (χ4v) is 3.32. The molecule has 1 aliphatic rings. The molecule has 1 heterocycles. The SMILES string of the molecule is CN(Cc1ccccc1)C(=O)C[C@@H]1O[C@H](CNC(=O)c2ccccc2)[C@@H](O)[C@H]1O. The Balaban J connectivity index is 1.51. The van der Waals surface area contributed by atoms with Crippen molar-refractivity contribution in [3.8, 4) is 0 Å². The zero-order valence-electron chi connectivity index (χ0n) is 16.3. The van der Waals surface area contributed by atoms with Gasteiger partial charge in [0.05, 0.1) is 12.5 Å². The molecule has 154 valence electrons. The summed E-state index contributed by atoms with van der Waals surface area (Å²) in [6, 6.07) is 18.3. The van der Waals surface area contributed by atoms with Crippen molar-refractivity contribution in [2.75, 3.05) is 13.6 Å². The van der Waals surface area contributed by atoms with Gasteiger partial charge in [0.2, 0.25) is 5.91 Å². The van der Waals surface area contributed by atoms with Gasteiger partial charge in [-0.05, 0) is 17.7 Å². The maximum atomic E-state index is 12.5. The number of hydrogen-bond donors (Lipinski definition) is 3. The summed E-state index contributed by atoms with van der Waals surface area (Å²) in [5.74, 6) is -0.489. The molecule has 3 N–H and O–H groups in total. The highest BCUT2D eigenvalue weighted by molar-refractivity contribution is 5.94. The molecule has 7 nitrogen and oxygen atoms in total. The Morgan fingerprint density at radius 2 is 1.55 bits per heavy atom. The van der Waals surface area contributed by atoms with E-state index in [0.29, 0.717) is 12.1 Å². The molecule has 0 bridgehead atoms. The molecule has 2 amide bonds. The first-order valence-corrected chi connectivity index (χ1v) is 9.58. The first kappa shape index (κ1) is 21.0. The second-order valence-corrected chi connectivity index (χ2v) is 7.21. The lowest BCUT2D eigenvalue weighted by Crippen LogP contribution is -2.40. The molecule has 1 fully saturated rings. The maximum Gasteiger partial charge on any atom is 0.251 e. The van der Waals surface area contributed by atoms with Crippen LogP contribution in [0.25, 0.3) is 0 Å². The molecular formula is C22H26N2O5. The van der Waals surface area contributed by atoms with Crippen molar-refractivity contribution < 1.29 is 24.5 Å². The smallest absolute Gasteiger partial charge is 0.251 e. The van der Waals surface area contributed by atoms with E-state index in [2.05, 4.69) is 5.32 Å². The lowest BCUT2D eigenvalue weighted by molar-refractivity contribution is -0.134. The Hall–Kier alpha value is -2.74. The van der Waals surface area contributed by atoms with Crippen molar-refractivity contribution in [3.63, 3.8) is 0 Å². The summed E-state index contributed by atoms with van der Waals surface area (Å²) >= 11 is 0. The fraction of sp³-hybridized carbons (Fsp3) is 0.364. The number of carbonyl (C=O) groups is 2. The van der Waals surface area contributed by atoms with Crippen molar-refractivity contribution in [3.05, 3.63) is 71.8 Å². The van der Waals surface area contributed by atoms with Gasteiger partial charge in [-0.1, -0.05) is 48.5 Å². The minimum absolute atomic E-state index is 0.0382. The van der Waals surface area contributed by atoms with Gasteiger partial charge in [-0.25, -0.2) is 0 Å². The van der Waals surface area contributed by atoms with E-state index < -0.39 is 24.4 Å². The lowest BCUT2D eigenvalue weighted by atomic mass is 10.0. The van der Waals surface area contributed by atoms with Crippen LogP contribution in [0.4, 0.5) is 0 Å². The third-order valence-corrected chi connectivity index (χ3v) is 5.03. The van der Waals surface area contributed by atoms with E-state index in [1.54, 1.807) is 36.2 Å². The van der Waals surface area contributed by atoms with E-state index in [9.17, 15) is 19.8 Å². The van der Waals surface area contributed by atoms with E-state index in [-0.39, 0.29) is 24.8 Å². The molecule has 0 unspecified atom stereocenters. The predicted octanol–water partition coefficient (Wildman–Crippen LogP) is 0.954. The van der Waals surface area contributed by atoms with Crippen LogP contribution in [0.1, 0.15) is 22.3 Å².